The van der Waals surface area contributed by atoms with E-state index in [1.807, 2.05) is 34.6 Å². The van der Waals surface area contributed by atoms with E-state index in [1.165, 1.54) is 0 Å². The van der Waals surface area contributed by atoms with Crippen LogP contribution in [0, 0.1) is 0 Å². The highest BCUT2D eigenvalue weighted by molar-refractivity contribution is 5.94. The standard InChI is InChI=1S/C32H41N5O6/c1-7-36(8-2)29(38)22-11-13-26(14-12-22)42-30-34-21-27(28(35-30)41-25-17-15-24(40-6)16-18-25)33-20-23-10-9-19-37(23)31(39)43-32(3,4)5/h11-18,21,23,33H,7-10,19-20H2,1-6H3. The summed E-state index contributed by atoms with van der Waals surface area (Å²) in [4.78, 5) is 37.8. The molecule has 0 spiro atoms. The van der Waals surface area contributed by atoms with Crippen LogP contribution in [-0.4, -0.2) is 76.7 Å². The van der Waals surface area contributed by atoms with Gasteiger partial charge in [-0.1, -0.05) is 0 Å². The second-order valence-electron chi connectivity index (χ2n) is 11.1. The van der Waals surface area contributed by atoms with Crippen LogP contribution in [0.15, 0.2) is 54.7 Å². The first-order valence-electron chi connectivity index (χ1n) is 14.6. The maximum atomic E-state index is 12.8. The van der Waals surface area contributed by atoms with Crippen LogP contribution >= 0.6 is 0 Å². The van der Waals surface area contributed by atoms with Gasteiger partial charge in [0.1, 0.15) is 28.5 Å². The van der Waals surface area contributed by atoms with E-state index >= 15 is 0 Å². The van der Waals surface area contributed by atoms with Gasteiger partial charge in [0.15, 0.2) is 0 Å². The van der Waals surface area contributed by atoms with Crippen molar-refractivity contribution in [3.8, 4) is 29.1 Å². The molecule has 43 heavy (non-hydrogen) atoms. The van der Waals surface area contributed by atoms with Gasteiger partial charge >= 0.3 is 12.1 Å². The van der Waals surface area contributed by atoms with Gasteiger partial charge in [0, 0.05) is 31.7 Å². The maximum Gasteiger partial charge on any atom is 0.410 e. The molecule has 1 aromatic heterocycles. The Hall–Kier alpha value is -4.54. The molecule has 4 rings (SSSR count). The number of carbonyl (C=O) groups excluding carboxylic acids is 2. The Morgan fingerprint density at radius 2 is 1.60 bits per heavy atom. The fraction of sp³-hybridized carbons (Fsp3) is 0.438. The Morgan fingerprint density at radius 3 is 2.23 bits per heavy atom. The lowest BCUT2D eigenvalue weighted by molar-refractivity contribution is 0.0235. The maximum absolute atomic E-state index is 12.8. The van der Waals surface area contributed by atoms with Crippen LogP contribution in [0.3, 0.4) is 0 Å². The highest BCUT2D eigenvalue weighted by atomic mass is 16.6. The van der Waals surface area contributed by atoms with Gasteiger partial charge < -0.3 is 34.1 Å². The largest absolute Gasteiger partial charge is 0.497 e. The molecule has 0 saturated carbocycles. The van der Waals surface area contributed by atoms with Crippen molar-refractivity contribution >= 4 is 17.7 Å². The zero-order chi connectivity index (χ0) is 31.0. The second-order valence-corrected chi connectivity index (χ2v) is 11.1. The molecule has 1 aliphatic rings. The molecule has 2 aromatic carbocycles. The predicted molar refractivity (Wildman–Crippen MR) is 163 cm³/mol. The molecular formula is C32H41N5O6. The Bertz CT molecular complexity index is 1370. The molecule has 1 atom stereocenters. The Balaban J connectivity index is 1.52. The van der Waals surface area contributed by atoms with E-state index in [2.05, 4.69) is 15.3 Å². The normalized spacial score (nSPS) is 14.7. The predicted octanol–water partition coefficient (Wildman–Crippen LogP) is 6.36. The average molecular weight is 592 g/mol. The van der Waals surface area contributed by atoms with Crippen molar-refractivity contribution < 1.29 is 28.5 Å². The van der Waals surface area contributed by atoms with Crippen molar-refractivity contribution in [3.63, 3.8) is 0 Å². The summed E-state index contributed by atoms with van der Waals surface area (Å²) in [7, 11) is 1.60. The van der Waals surface area contributed by atoms with Crippen LogP contribution in [0.4, 0.5) is 10.5 Å². The van der Waals surface area contributed by atoms with Gasteiger partial charge in [-0.05, 0) is 96.0 Å². The number of hydrogen-bond acceptors (Lipinski definition) is 9. The SMILES string of the molecule is CCN(CC)C(=O)c1ccc(Oc2ncc(NCC3CCCN3C(=O)OC(C)(C)C)c(Oc3ccc(OC)cc3)n2)cc1. The van der Waals surface area contributed by atoms with E-state index in [4.69, 9.17) is 18.9 Å². The number of benzene rings is 2. The molecule has 2 heterocycles. The molecule has 1 N–H and O–H groups in total. The number of hydrogen-bond donors (Lipinski definition) is 1. The molecule has 1 aliphatic heterocycles. The van der Waals surface area contributed by atoms with Gasteiger partial charge in [0.25, 0.3) is 5.91 Å². The molecule has 0 radical (unpaired) electrons. The summed E-state index contributed by atoms with van der Waals surface area (Å²) in [5.74, 6) is 1.94. The fourth-order valence-electron chi connectivity index (χ4n) is 4.66. The van der Waals surface area contributed by atoms with Gasteiger partial charge in [0.05, 0.1) is 19.3 Å². The Labute approximate surface area is 253 Å². The minimum atomic E-state index is -0.568. The molecule has 1 unspecified atom stereocenters. The monoisotopic (exact) mass is 591 g/mol. The van der Waals surface area contributed by atoms with E-state index in [1.54, 1.807) is 71.6 Å². The third kappa shape index (κ3) is 8.50. The number of methoxy groups -OCH3 is 1. The third-order valence-corrected chi connectivity index (χ3v) is 6.90. The number of ether oxygens (including phenoxy) is 4. The van der Waals surface area contributed by atoms with E-state index < -0.39 is 5.60 Å². The molecule has 11 heteroatoms. The summed E-state index contributed by atoms with van der Waals surface area (Å²) < 4.78 is 22.9. The van der Waals surface area contributed by atoms with Crippen molar-refractivity contribution in [2.45, 2.75) is 59.1 Å². The molecule has 230 valence electrons. The van der Waals surface area contributed by atoms with Crippen LogP contribution in [0.1, 0.15) is 57.8 Å². The molecule has 0 bridgehead atoms. The zero-order valence-corrected chi connectivity index (χ0v) is 25.8. The van der Waals surface area contributed by atoms with Crippen molar-refractivity contribution in [2.75, 3.05) is 38.6 Å². The van der Waals surface area contributed by atoms with E-state index in [0.29, 0.717) is 54.7 Å². The average Bonchev–Trinajstić information content (AvgIpc) is 3.46. The highest BCUT2D eigenvalue weighted by Gasteiger charge is 2.32. The lowest BCUT2D eigenvalue weighted by Crippen LogP contribution is -2.42. The zero-order valence-electron chi connectivity index (χ0n) is 25.8. The van der Waals surface area contributed by atoms with Crippen LogP contribution in [-0.2, 0) is 4.74 Å². The van der Waals surface area contributed by atoms with Crippen LogP contribution in [0.2, 0.25) is 0 Å². The van der Waals surface area contributed by atoms with E-state index in [0.717, 1.165) is 12.8 Å². The lowest BCUT2D eigenvalue weighted by atomic mass is 10.2. The summed E-state index contributed by atoms with van der Waals surface area (Å²) in [5.41, 5.74) is 0.550. The number of anilines is 1. The van der Waals surface area contributed by atoms with E-state index in [9.17, 15) is 9.59 Å². The van der Waals surface area contributed by atoms with Gasteiger partial charge in [0.2, 0.25) is 5.88 Å². The molecular weight excluding hydrogens is 550 g/mol. The van der Waals surface area contributed by atoms with Crippen molar-refractivity contribution in [2.24, 2.45) is 0 Å². The Kier molecular flexibility index (Phi) is 10.3. The first-order valence-corrected chi connectivity index (χ1v) is 14.6. The number of carbonyl (C=O) groups is 2. The Morgan fingerprint density at radius 1 is 0.977 bits per heavy atom. The van der Waals surface area contributed by atoms with Gasteiger partial charge in [-0.2, -0.15) is 4.98 Å². The van der Waals surface area contributed by atoms with Gasteiger partial charge in [-0.15, -0.1) is 0 Å². The summed E-state index contributed by atoms with van der Waals surface area (Å²) in [6.45, 7) is 11.9. The molecule has 1 fully saturated rings. The summed E-state index contributed by atoms with van der Waals surface area (Å²) >= 11 is 0. The molecule has 1 saturated heterocycles. The number of amides is 2. The van der Waals surface area contributed by atoms with Crippen molar-refractivity contribution in [3.05, 3.63) is 60.3 Å². The van der Waals surface area contributed by atoms with Crippen LogP contribution in [0.25, 0.3) is 0 Å². The number of likely N-dealkylation sites (tertiary alicyclic amines) is 1. The number of rotatable bonds is 11. The highest BCUT2D eigenvalue weighted by Crippen LogP contribution is 2.32. The van der Waals surface area contributed by atoms with Crippen LogP contribution < -0.4 is 19.5 Å². The third-order valence-electron chi connectivity index (χ3n) is 6.90. The fourth-order valence-corrected chi connectivity index (χ4v) is 4.66. The number of nitrogens with one attached hydrogen (secondary N) is 1. The van der Waals surface area contributed by atoms with Crippen LogP contribution in [0.5, 0.6) is 29.1 Å². The topological polar surface area (TPSA) is 115 Å². The first kappa shape index (κ1) is 31.4. The second kappa shape index (κ2) is 14.1. The van der Waals surface area contributed by atoms with Gasteiger partial charge in [-0.3, -0.25) is 4.79 Å². The molecule has 11 nitrogen and oxygen atoms in total. The first-order chi connectivity index (χ1) is 20.6. The molecule has 3 aromatic rings. The molecule has 0 aliphatic carbocycles. The van der Waals surface area contributed by atoms with Crippen molar-refractivity contribution in [1.29, 1.82) is 0 Å². The van der Waals surface area contributed by atoms with Crippen molar-refractivity contribution in [1.82, 2.24) is 19.8 Å². The lowest BCUT2D eigenvalue weighted by Gasteiger charge is -2.29. The van der Waals surface area contributed by atoms with Gasteiger partial charge in [-0.25, -0.2) is 9.78 Å². The number of aromatic nitrogens is 2. The summed E-state index contributed by atoms with van der Waals surface area (Å²) in [6, 6.07) is 14.0. The minimum Gasteiger partial charge on any atom is -0.497 e. The number of nitrogens with zero attached hydrogens (tertiary/aromatic N) is 4. The quantitative estimate of drug-likeness (QED) is 0.272. The summed E-state index contributed by atoms with van der Waals surface area (Å²) in [5, 5.41) is 3.36. The smallest absolute Gasteiger partial charge is 0.410 e. The summed E-state index contributed by atoms with van der Waals surface area (Å²) in [6.07, 6.45) is 3.00. The minimum absolute atomic E-state index is 0.0362. The molecule has 2 amide bonds. The van der Waals surface area contributed by atoms with E-state index in [-0.39, 0.29) is 29.9 Å².